The Morgan fingerprint density at radius 2 is 2.10 bits per heavy atom. The van der Waals surface area contributed by atoms with E-state index in [0.717, 1.165) is 12.8 Å². The summed E-state index contributed by atoms with van der Waals surface area (Å²) in [4.78, 5) is 33.9. The molecule has 1 rings (SSSR count). The number of nitrogens with two attached hydrogens (primary N) is 1. The van der Waals surface area contributed by atoms with Crippen LogP contribution in [0.5, 0.6) is 0 Å². The van der Waals surface area contributed by atoms with E-state index in [1.54, 1.807) is 6.92 Å². The summed E-state index contributed by atoms with van der Waals surface area (Å²) in [5.74, 6) is -0.0649. The third-order valence-corrected chi connectivity index (χ3v) is 3.55. The van der Waals surface area contributed by atoms with Gasteiger partial charge in [-0.25, -0.2) is 4.79 Å². The van der Waals surface area contributed by atoms with Crippen LogP contribution in [0, 0.1) is 0 Å². The summed E-state index contributed by atoms with van der Waals surface area (Å²) >= 11 is 1.32. The van der Waals surface area contributed by atoms with Gasteiger partial charge in [0, 0.05) is 6.04 Å². The van der Waals surface area contributed by atoms with Crippen molar-refractivity contribution in [3.63, 3.8) is 0 Å². The number of imide groups is 1. The second-order valence-corrected chi connectivity index (χ2v) is 5.60. The van der Waals surface area contributed by atoms with Gasteiger partial charge in [0.05, 0.1) is 12.4 Å². The lowest BCUT2D eigenvalue weighted by Gasteiger charge is -2.10. The molecule has 1 atom stereocenters. The molecule has 0 aromatic carbocycles. The smallest absolute Gasteiger partial charge is 0.322 e. The number of nitrogens with one attached hydrogen (secondary N) is 2. The van der Waals surface area contributed by atoms with Gasteiger partial charge < -0.3 is 15.8 Å². The van der Waals surface area contributed by atoms with E-state index in [-0.39, 0.29) is 17.7 Å². The highest BCUT2D eigenvalue weighted by Gasteiger charge is 2.23. The molecule has 1 aliphatic rings. The lowest BCUT2D eigenvalue weighted by Crippen LogP contribution is -2.41. The molecule has 0 aromatic rings. The first-order chi connectivity index (χ1) is 9.52. The largest absolute Gasteiger partial charge is 0.465 e. The van der Waals surface area contributed by atoms with Crippen molar-refractivity contribution in [2.45, 2.75) is 38.3 Å². The summed E-state index contributed by atoms with van der Waals surface area (Å²) in [6.45, 7) is 2.02. The summed E-state index contributed by atoms with van der Waals surface area (Å²) < 4.78 is 4.77. The highest BCUT2D eigenvalue weighted by atomic mass is 32.2. The van der Waals surface area contributed by atoms with Gasteiger partial charge >= 0.3 is 12.0 Å². The van der Waals surface area contributed by atoms with Crippen molar-refractivity contribution >= 4 is 29.7 Å². The number of rotatable bonds is 8. The number of ether oxygens (including phenoxy) is 1. The third kappa shape index (κ3) is 7.34. The van der Waals surface area contributed by atoms with Gasteiger partial charge in [0.15, 0.2) is 0 Å². The summed E-state index contributed by atoms with van der Waals surface area (Å²) in [6, 6.07) is -0.886. The molecule has 0 radical (unpaired) electrons. The topological polar surface area (TPSA) is 111 Å². The van der Waals surface area contributed by atoms with E-state index in [2.05, 4.69) is 10.6 Å². The Balaban J connectivity index is 2.03. The zero-order valence-electron chi connectivity index (χ0n) is 11.5. The second kappa shape index (κ2) is 8.80. The molecule has 0 bridgehead atoms. The molecule has 8 heteroatoms. The number of thioether (sulfide) groups is 1. The Bertz CT molecular complexity index is 361. The fourth-order valence-electron chi connectivity index (χ4n) is 1.35. The quantitative estimate of drug-likeness (QED) is 0.429. The van der Waals surface area contributed by atoms with Gasteiger partial charge in [0.25, 0.3) is 0 Å². The van der Waals surface area contributed by atoms with Crippen molar-refractivity contribution in [1.29, 1.82) is 0 Å². The Morgan fingerprint density at radius 1 is 1.40 bits per heavy atom. The van der Waals surface area contributed by atoms with Crippen LogP contribution in [0.4, 0.5) is 4.79 Å². The minimum absolute atomic E-state index is 0.160. The number of carbonyl (C=O) groups excluding carboxylic acids is 3. The van der Waals surface area contributed by atoms with Crippen LogP contribution >= 0.6 is 11.8 Å². The fraction of sp³-hybridized carbons (Fsp3) is 0.750. The van der Waals surface area contributed by atoms with Gasteiger partial charge in [-0.3, -0.25) is 14.9 Å². The van der Waals surface area contributed by atoms with E-state index < -0.39 is 18.0 Å². The van der Waals surface area contributed by atoms with Crippen LogP contribution in [0.25, 0.3) is 0 Å². The SMILES string of the molecule is CCOC(=O)C(N)CCSCC(=O)NC(=O)NC1CC1. The van der Waals surface area contributed by atoms with E-state index in [4.69, 9.17) is 10.5 Å². The van der Waals surface area contributed by atoms with Crippen molar-refractivity contribution in [3.05, 3.63) is 0 Å². The highest BCUT2D eigenvalue weighted by Crippen LogP contribution is 2.18. The molecule has 0 aliphatic heterocycles. The summed E-state index contributed by atoms with van der Waals surface area (Å²) in [5.41, 5.74) is 5.61. The molecule has 0 aromatic heterocycles. The van der Waals surface area contributed by atoms with Gasteiger partial charge in [-0.15, -0.1) is 0 Å². The van der Waals surface area contributed by atoms with Crippen LogP contribution < -0.4 is 16.4 Å². The van der Waals surface area contributed by atoms with Crippen LogP contribution in [0.1, 0.15) is 26.2 Å². The molecule has 4 N–H and O–H groups in total. The van der Waals surface area contributed by atoms with Gasteiger partial charge in [-0.1, -0.05) is 0 Å². The normalized spacial score (nSPS) is 15.3. The maximum Gasteiger partial charge on any atom is 0.322 e. The molecule has 1 unspecified atom stereocenters. The van der Waals surface area contributed by atoms with Crippen molar-refractivity contribution in [1.82, 2.24) is 10.6 Å². The molecule has 1 saturated carbocycles. The van der Waals surface area contributed by atoms with E-state index in [9.17, 15) is 14.4 Å². The van der Waals surface area contributed by atoms with Crippen LogP contribution in [0.15, 0.2) is 0 Å². The first-order valence-corrected chi connectivity index (χ1v) is 7.78. The lowest BCUT2D eigenvalue weighted by atomic mass is 10.2. The number of hydrogen-bond acceptors (Lipinski definition) is 6. The van der Waals surface area contributed by atoms with Gasteiger partial charge in [-0.05, 0) is 31.9 Å². The first kappa shape index (κ1) is 16.8. The van der Waals surface area contributed by atoms with Crippen LogP contribution in [-0.2, 0) is 14.3 Å². The molecule has 1 aliphatic carbocycles. The Hall–Kier alpha value is -1.28. The van der Waals surface area contributed by atoms with E-state index in [1.807, 2.05) is 0 Å². The number of hydrogen-bond donors (Lipinski definition) is 3. The summed E-state index contributed by atoms with van der Waals surface area (Å²) in [7, 11) is 0. The standard InChI is InChI=1S/C12H21N3O4S/c1-2-19-11(17)9(13)5-6-20-7-10(16)15-12(18)14-8-3-4-8/h8-9H,2-7,13H2,1H3,(H2,14,15,16,18). The van der Waals surface area contributed by atoms with Crippen molar-refractivity contribution in [2.75, 3.05) is 18.1 Å². The van der Waals surface area contributed by atoms with Crippen LogP contribution in [-0.4, -0.2) is 48.1 Å². The molecule has 0 spiro atoms. The predicted molar refractivity (Wildman–Crippen MR) is 76.2 cm³/mol. The summed E-state index contributed by atoms with van der Waals surface area (Å²) in [6.07, 6.45) is 2.38. The van der Waals surface area contributed by atoms with Gasteiger partial charge in [0.2, 0.25) is 5.91 Å². The molecular weight excluding hydrogens is 282 g/mol. The number of esters is 1. The Labute approximate surface area is 122 Å². The van der Waals surface area contributed by atoms with E-state index in [1.165, 1.54) is 11.8 Å². The third-order valence-electron chi connectivity index (χ3n) is 2.56. The lowest BCUT2D eigenvalue weighted by molar-refractivity contribution is -0.144. The maximum absolute atomic E-state index is 11.4. The van der Waals surface area contributed by atoms with Crippen molar-refractivity contribution in [3.8, 4) is 0 Å². The monoisotopic (exact) mass is 303 g/mol. The molecule has 3 amide bonds. The number of carbonyl (C=O) groups is 3. The number of urea groups is 1. The van der Waals surface area contributed by atoms with Crippen LogP contribution in [0.3, 0.4) is 0 Å². The molecule has 114 valence electrons. The molecular formula is C12H21N3O4S. The molecule has 20 heavy (non-hydrogen) atoms. The zero-order chi connectivity index (χ0) is 15.0. The predicted octanol–water partition coefficient (Wildman–Crippen LogP) is -0.0117. The van der Waals surface area contributed by atoms with Crippen LogP contribution in [0.2, 0.25) is 0 Å². The highest BCUT2D eigenvalue weighted by molar-refractivity contribution is 7.99. The van der Waals surface area contributed by atoms with Gasteiger partial charge in [-0.2, -0.15) is 11.8 Å². The number of amides is 3. The average Bonchev–Trinajstić information content (AvgIpc) is 3.18. The molecule has 0 saturated heterocycles. The van der Waals surface area contributed by atoms with Crippen molar-refractivity contribution < 1.29 is 19.1 Å². The molecule has 0 heterocycles. The molecule has 1 fully saturated rings. The van der Waals surface area contributed by atoms with Crippen molar-refractivity contribution in [2.24, 2.45) is 5.73 Å². The van der Waals surface area contributed by atoms with Gasteiger partial charge in [0.1, 0.15) is 6.04 Å². The maximum atomic E-state index is 11.4. The van der Waals surface area contributed by atoms with E-state index in [0.29, 0.717) is 18.8 Å². The fourth-order valence-corrected chi connectivity index (χ4v) is 2.18. The minimum Gasteiger partial charge on any atom is -0.465 e. The summed E-state index contributed by atoms with van der Waals surface area (Å²) in [5, 5.41) is 4.91. The first-order valence-electron chi connectivity index (χ1n) is 6.63. The van der Waals surface area contributed by atoms with E-state index >= 15 is 0 Å². The Kier molecular flexibility index (Phi) is 7.38. The zero-order valence-corrected chi connectivity index (χ0v) is 12.3. The molecule has 7 nitrogen and oxygen atoms in total. The second-order valence-electron chi connectivity index (χ2n) is 4.50. The Morgan fingerprint density at radius 3 is 2.70 bits per heavy atom. The average molecular weight is 303 g/mol. The minimum atomic E-state index is -0.663.